The fourth-order valence-electron chi connectivity index (χ4n) is 3.63. The highest BCUT2D eigenvalue weighted by Crippen LogP contribution is 2.25. The summed E-state index contributed by atoms with van der Waals surface area (Å²) >= 11 is 0. The van der Waals surface area contributed by atoms with Crippen LogP contribution in [0.25, 0.3) is 0 Å². The van der Waals surface area contributed by atoms with E-state index in [1.807, 2.05) is 18.2 Å². The Bertz CT molecular complexity index is 844. The SMILES string of the molecule is COCCNc1ccc(C(=O)N[C@H]2CC[NH+](Cc3ccccc3)C2)cc1[N+](=O)[O-]. The highest BCUT2D eigenvalue weighted by atomic mass is 16.6. The molecule has 0 saturated carbocycles. The number of ether oxygens (including phenoxy) is 1. The minimum atomic E-state index is -0.479. The number of hydrogen-bond acceptors (Lipinski definition) is 5. The molecule has 3 N–H and O–H groups in total. The normalized spacial score (nSPS) is 18.4. The number of amides is 1. The molecule has 2 atom stereocenters. The van der Waals surface area contributed by atoms with Gasteiger partial charge in [0.15, 0.2) is 0 Å². The largest absolute Gasteiger partial charge is 0.383 e. The second-order valence-electron chi connectivity index (χ2n) is 7.23. The Morgan fingerprint density at radius 1 is 1.28 bits per heavy atom. The number of anilines is 1. The molecule has 154 valence electrons. The quantitative estimate of drug-likeness (QED) is 0.335. The summed E-state index contributed by atoms with van der Waals surface area (Å²) in [6.07, 6.45) is 0.895. The number of likely N-dealkylation sites (tertiary alicyclic amines) is 1. The van der Waals surface area contributed by atoms with Crippen LogP contribution in [0.3, 0.4) is 0 Å². The molecule has 0 radical (unpaired) electrons. The van der Waals surface area contributed by atoms with Gasteiger partial charge in [0.05, 0.1) is 30.7 Å². The summed E-state index contributed by atoms with van der Waals surface area (Å²) in [6.45, 7) is 3.65. The van der Waals surface area contributed by atoms with Crippen LogP contribution in [0.15, 0.2) is 48.5 Å². The molecule has 8 heteroatoms. The van der Waals surface area contributed by atoms with Crippen molar-refractivity contribution in [2.24, 2.45) is 0 Å². The van der Waals surface area contributed by atoms with Gasteiger partial charge in [-0.2, -0.15) is 0 Å². The molecule has 1 heterocycles. The third kappa shape index (κ3) is 5.75. The topological polar surface area (TPSA) is 97.9 Å². The zero-order chi connectivity index (χ0) is 20.6. The number of nitro benzene ring substituents is 1. The van der Waals surface area contributed by atoms with Crippen LogP contribution in [0.1, 0.15) is 22.3 Å². The zero-order valence-electron chi connectivity index (χ0n) is 16.5. The zero-order valence-corrected chi connectivity index (χ0v) is 16.5. The lowest BCUT2D eigenvalue weighted by atomic mass is 10.1. The maximum atomic E-state index is 12.6. The molecule has 8 nitrogen and oxygen atoms in total. The van der Waals surface area contributed by atoms with Crippen molar-refractivity contribution in [1.82, 2.24) is 5.32 Å². The maximum Gasteiger partial charge on any atom is 0.293 e. The van der Waals surface area contributed by atoms with Gasteiger partial charge in [-0.1, -0.05) is 30.3 Å². The predicted octanol–water partition coefficient (Wildman–Crippen LogP) is 1.24. The van der Waals surface area contributed by atoms with Gasteiger partial charge in [0.1, 0.15) is 12.2 Å². The van der Waals surface area contributed by atoms with Gasteiger partial charge in [-0.25, -0.2) is 0 Å². The van der Waals surface area contributed by atoms with Crippen LogP contribution in [0.2, 0.25) is 0 Å². The van der Waals surface area contributed by atoms with Crippen LogP contribution < -0.4 is 15.5 Å². The van der Waals surface area contributed by atoms with Gasteiger partial charge in [0, 0.05) is 37.3 Å². The molecular formula is C21H27N4O4+. The summed E-state index contributed by atoms with van der Waals surface area (Å²) in [6, 6.07) is 14.9. The molecular weight excluding hydrogens is 372 g/mol. The minimum Gasteiger partial charge on any atom is -0.383 e. The highest BCUT2D eigenvalue weighted by molar-refractivity contribution is 5.96. The van der Waals surface area contributed by atoms with Gasteiger partial charge in [-0.05, 0) is 12.1 Å². The van der Waals surface area contributed by atoms with E-state index in [0.29, 0.717) is 24.4 Å². The lowest BCUT2D eigenvalue weighted by Crippen LogP contribution is -3.09. The number of benzene rings is 2. The molecule has 1 unspecified atom stereocenters. The van der Waals surface area contributed by atoms with Crippen LogP contribution in [0, 0.1) is 10.1 Å². The van der Waals surface area contributed by atoms with Crippen molar-refractivity contribution in [3.8, 4) is 0 Å². The summed E-state index contributed by atoms with van der Waals surface area (Å²) in [5.74, 6) is -0.275. The maximum absolute atomic E-state index is 12.6. The number of hydrogen-bond donors (Lipinski definition) is 3. The smallest absolute Gasteiger partial charge is 0.293 e. The van der Waals surface area contributed by atoms with E-state index in [0.717, 1.165) is 26.1 Å². The fourth-order valence-corrected chi connectivity index (χ4v) is 3.63. The Labute approximate surface area is 170 Å². The number of nitrogens with zero attached hydrogens (tertiary/aromatic N) is 1. The van der Waals surface area contributed by atoms with Gasteiger partial charge in [0.25, 0.3) is 11.6 Å². The number of rotatable bonds is 9. The number of quaternary nitrogens is 1. The Morgan fingerprint density at radius 2 is 2.07 bits per heavy atom. The first-order valence-corrected chi connectivity index (χ1v) is 9.76. The lowest BCUT2D eigenvalue weighted by molar-refractivity contribution is -0.901. The number of methoxy groups -OCH3 is 1. The molecule has 1 saturated heterocycles. The van der Waals surface area contributed by atoms with Gasteiger partial charge in [0.2, 0.25) is 0 Å². The second-order valence-corrected chi connectivity index (χ2v) is 7.23. The summed E-state index contributed by atoms with van der Waals surface area (Å²) in [7, 11) is 1.56. The average Bonchev–Trinajstić information content (AvgIpc) is 3.15. The summed E-state index contributed by atoms with van der Waals surface area (Å²) in [5, 5.41) is 17.4. The Kier molecular flexibility index (Phi) is 7.15. The van der Waals surface area contributed by atoms with E-state index in [4.69, 9.17) is 4.74 Å². The first-order valence-electron chi connectivity index (χ1n) is 9.76. The molecule has 1 amide bonds. The standard InChI is InChI=1S/C21H26N4O4/c1-29-12-10-22-19-8-7-17(13-20(19)25(27)28)21(26)23-18-9-11-24(15-18)14-16-5-3-2-4-6-16/h2-8,13,18,22H,9-12,14-15H2,1H3,(H,23,26)/p+1/t18-/m0/s1. The van der Waals surface area contributed by atoms with Gasteiger partial charge >= 0.3 is 0 Å². The molecule has 1 fully saturated rings. The predicted molar refractivity (Wildman–Crippen MR) is 110 cm³/mol. The molecule has 2 aromatic carbocycles. The Hall–Kier alpha value is -2.97. The lowest BCUT2D eigenvalue weighted by Gasteiger charge is -2.14. The van der Waals surface area contributed by atoms with Crippen LogP contribution in [-0.2, 0) is 11.3 Å². The van der Waals surface area contributed by atoms with Gasteiger partial charge in [-0.3, -0.25) is 14.9 Å². The Balaban J connectivity index is 1.59. The number of nitro groups is 1. The van der Waals surface area contributed by atoms with Crippen molar-refractivity contribution in [2.45, 2.75) is 19.0 Å². The first kappa shape index (κ1) is 20.8. The van der Waals surface area contributed by atoms with Crippen LogP contribution in [0.5, 0.6) is 0 Å². The molecule has 3 rings (SSSR count). The number of nitrogens with one attached hydrogen (secondary N) is 3. The van der Waals surface area contributed by atoms with Crippen LogP contribution in [-0.4, -0.2) is 50.2 Å². The fraction of sp³-hybridized carbons (Fsp3) is 0.381. The third-order valence-corrected chi connectivity index (χ3v) is 5.09. The van der Waals surface area contributed by atoms with Crippen molar-refractivity contribution in [1.29, 1.82) is 0 Å². The van der Waals surface area contributed by atoms with Gasteiger partial charge < -0.3 is 20.3 Å². The van der Waals surface area contributed by atoms with E-state index in [-0.39, 0.29) is 17.6 Å². The van der Waals surface area contributed by atoms with Crippen molar-refractivity contribution >= 4 is 17.3 Å². The Morgan fingerprint density at radius 3 is 2.79 bits per heavy atom. The molecule has 29 heavy (non-hydrogen) atoms. The average molecular weight is 399 g/mol. The monoisotopic (exact) mass is 399 g/mol. The van der Waals surface area contributed by atoms with E-state index in [1.165, 1.54) is 16.5 Å². The molecule has 0 aromatic heterocycles. The molecule has 2 aromatic rings. The van der Waals surface area contributed by atoms with Crippen molar-refractivity contribution in [3.63, 3.8) is 0 Å². The molecule has 1 aliphatic rings. The second kappa shape index (κ2) is 9.99. The summed E-state index contributed by atoms with van der Waals surface area (Å²) in [4.78, 5) is 25.0. The van der Waals surface area contributed by atoms with E-state index >= 15 is 0 Å². The van der Waals surface area contributed by atoms with Crippen molar-refractivity contribution in [3.05, 3.63) is 69.8 Å². The van der Waals surface area contributed by atoms with E-state index in [2.05, 4.69) is 22.8 Å². The first-order chi connectivity index (χ1) is 14.1. The van der Waals surface area contributed by atoms with Crippen LogP contribution in [0.4, 0.5) is 11.4 Å². The number of carbonyl (C=O) groups is 1. The molecule has 0 spiro atoms. The van der Waals surface area contributed by atoms with Gasteiger partial charge in [-0.15, -0.1) is 0 Å². The van der Waals surface area contributed by atoms with E-state index < -0.39 is 4.92 Å². The number of carbonyl (C=O) groups excluding carboxylic acids is 1. The van der Waals surface area contributed by atoms with Crippen LogP contribution >= 0.6 is 0 Å². The molecule has 0 bridgehead atoms. The third-order valence-electron chi connectivity index (χ3n) is 5.09. The highest BCUT2D eigenvalue weighted by Gasteiger charge is 2.28. The van der Waals surface area contributed by atoms with E-state index in [9.17, 15) is 14.9 Å². The van der Waals surface area contributed by atoms with Crippen molar-refractivity contribution in [2.75, 3.05) is 38.7 Å². The summed E-state index contributed by atoms with van der Waals surface area (Å²) in [5.41, 5.74) is 1.84. The molecule has 0 aliphatic carbocycles. The minimum absolute atomic E-state index is 0.0692. The van der Waals surface area contributed by atoms with E-state index in [1.54, 1.807) is 19.2 Å². The van der Waals surface area contributed by atoms with Crippen molar-refractivity contribution < 1.29 is 19.4 Å². The molecule has 1 aliphatic heterocycles. The summed E-state index contributed by atoms with van der Waals surface area (Å²) < 4.78 is 4.95.